The van der Waals surface area contributed by atoms with Gasteiger partial charge in [0.05, 0.1) is 16.6 Å². The number of aryl methyl sites for hydroxylation is 2. The molecule has 1 amide bonds. The molecule has 0 aliphatic rings. The molecule has 1 unspecified atom stereocenters. The first-order valence-electron chi connectivity index (χ1n) is 10.4. The molecular formula is C26H24IN3OS. The van der Waals surface area contributed by atoms with E-state index >= 15 is 0 Å². The minimum absolute atomic E-state index is 0.0543. The molecule has 162 valence electrons. The highest BCUT2D eigenvalue weighted by Crippen LogP contribution is 2.34. The van der Waals surface area contributed by atoms with Crippen LogP contribution in [0.4, 0.5) is 5.69 Å². The Labute approximate surface area is 206 Å². The predicted octanol–water partition coefficient (Wildman–Crippen LogP) is 7.08. The number of anilines is 1. The first kappa shape index (κ1) is 22.6. The third kappa shape index (κ3) is 5.42. The molecule has 1 heterocycles. The molecule has 4 rings (SSSR count). The van der Waals surface area contributed by atoms with Crippen molar-refractivity contribution in [3.05, 3.63) is 87.5 Å². The van der Waals surface area contributed by atoms with Gasteiger partial charge in [-0.05, 0) is 67.6 Å². The van der Waals surface area contributed by atoms with Gasteiger partial charge in [0.15, 0.2) is 5.16 Å². The number of aromatic nitrogens is 2. The number of aromatic amines is 1. The van der Waals surface area contributed by atoms with E-state index in [1.807, 2.05) is 31.2 Å². The third-order valence-electron chi connectivity index (χ3n) is 5.12. The van der Waals surface area contributed by atoms with E-state index in [1.165, 1.54) is 22.9 Å². The third-order valence-corrected chi connectivity index (χ3v) is 6.82. The Hall–Kier alpha value is -2.58. The molecule has 6 heteroatoms. The number of thioether (sulfide) groups is 1. The molecule has 0 saturated carbocycles. The van der Waals surface area contributed by atoms with Gasteiger partial charge in [0.2, 0.25) is 5.91 Å². The summed E-state index contributed by atoms with van der Waals surface area (Å²) in [5.41, 5.74) is 7.18. The van der Waals surface area contributed by atoms with Crippen LogP contribution in [-0.2, 0) is 4.79 Å². The van der Waals surface area contributed by atoms with Crippen LogP contribution in [0.5, 0.6) is 0 Å². The molecule has 0 bridgehead atoms. The molecule has 3 aromatic carbocycles. The molecule has 32 heavy (non-hydrogen) atoms. The molecule has 4 aromatic rings. The fourth-order valence-electron chi connectivity index (χ4n) is 3.25. The number of rotatable bonds is 6. The van der Waals surface area contributed by atoms with Gasteiger partial charge in [0.1, 0.15) is 0 Å². The summed E-state index contributed by atoms with van der Waals surface area (Å²) < 4.78 is 1.13. The molecular weight excluding hydrogens is 529 g/mol. The van der Waals surface area contributed by atoms with Gasteiger partial charge in [-0.2, -0.15) is 0 Å². The lowest BCUT2D eigenvalue weighted by atomic mass is 10.0. The summed E-state index contributed by atoms with van der Waals surface area (Å²) in [6.07, 6.45) is 0. The van der Waals surface area contributed by atoms with Crippen molar-refractivity contribution in [3.8, 4) is 22.5 Å². The summed E-state index contributed by atoms with van der Waals surface area (Å²) in [7, 11) is 0. The van der Waals surface area contributed by atoms with Gasteiger partial charge in [-0.3, -0.25) is 4.79 Å². The maximum atomic E-state index is 12.7. The maximum Gasteiger partial charge on any atom is 0.237 e. The zero-order valence-electron chi connectivity index (χ0n) is 18.1. The second kappa shape index (κ2) is 9.92. The van der Waals surface area contributed by atoms with Gasteiger partial charge in [0, 0.05) is 20.4 Å². The number of benzene rings is 3. The Morgan fingerprint density at radius 1 is 0.906 bits per heavy atom. The van der Waals surface area contributed by atoms with E-state index < -0.39 is 0 Å². The lowest BCUT2D eigenvalue weighted by Gasteiger charge is -2.10. The van der Waals surface area contributed by atoms with Crippen molar-refractivity contribution >= 4 is 45.9 Å². The standard InChI is InChI=1S/C26H24IN3OS/c1-16-4-8-19(9-5-16)23-24(20-10-6-17(2)7-11-20)30-26(29-23)32-18(3)25(31)28-22-14-12-21(27)13-15-22/h4-15,18H,1-3H3,(H,28,31)(H,29,30). The summed E-state index contributed by atoms with van der Waals surface area (Å²) in [6.45, 7) is 6.05. The molecule has 4 nitrogen and oxygen atoms in total. The Morgan fingerprint density at radius 3 is 2.06 bits per heavy atom. The minimum Gasteiger partial charge on any atom is -0.332 e. The van der Waals surface area contributed by atoms with Crippen LogP contribution in [0.25, 0.3) is 22.5 Å². The molecule has 0 aliphatic carbocycles. The van der Waals surface area contributed by atoms with E-state index in [4.69, 9.17) is 4.98 Å². The smallest absolute Gasteiger partial charge is 0.237 e. The number of carbonyl (C=O) groups is 1. The van der Waals surface area contributed by atoms with Crippen LogP contribution < -0.4 is 5.32 Å². The predicted molar refractivity (Wildman–Crippen MR) is 142 cm³/mol. The number of carbonyl (C=O) groups excluding carboxylic acids is 1. The second-order valence-electron chi connectivity index (χ2n) is 7.75. The van der Waals surface area contributed by atoms with E-state index in [2.05, 4.69) is 95.3 Å². The maximum absolute atomic E-state index is 12.7. The zero-order chi connectivity index (χ0) is 22.7. The van der Waals surface area contributed by atoms with Crippen LogP contribution >= 0.6 is 34.4 Å². The van der Waals surface area contributed by atoms with Gasteiger partial charge in [-0.25, -0.2) is 4.98 Å². The van der Waals surface area contributed by atoms with Crippen LogP contribution in [0, 0.1) is 17.4 Å². The summed E-state index contributed by atoms with van der Waals surface area (Å²) in [4.78, 5) is 21.1. The number of halogens is 1. The fourth-order valence-corrected chi connectivity index (χ4v) is 4.42. The minimum atomic E-state index is -0.308. The highest BCUT2D eigenvalue weighted by atomic mass is 127. The molecule has 2 N–H and O–H groups in total. The van der Waals surface area contributed by atoms with Gasteiger partial charge in [-0.1, -0.05) is 71.4 Å². The van der Waals surface area contributed by atoms with Gasteiger partial charge in [-0.15, -0.1) is 0 Å². The van der Waals surface area contributed by atoms with Crippen LogP contribution in [0.2, 0.25) is 0 Å². The molecule has 0 radical (unpaired) electrons. The van der Waals surface area contributed by atoms with Crippen LogP contribution in [0.3, 0.4) is 0 Å². The van der Waals surface area contributed by atoms with Crippen LogP contribution in [0.15, 0.2) is 78.0 Å². The van der Waals surface area contributed by atoms with Crippen molar-refractivity contribution in [2.45, 2.75) is 31.2 Å². The molecule has 0 aliphatic heterocycles. The van der Waals surface area contributed by atoms with Crippen LogP contribution in [-0.4, -0.2) is 21.1 Å². The number of nitrogens with zero attached hydrogens (tertiary/aromatic N) is 1. The number of hydrogen-bond donors (Lipinski definition) is 2. The highest BCUT2D eigenvalue weighted by molar-refractivity contribution is 14.1. The van der Waals surface area contributed by atoms with E-state index in [9.17, 15) is 4.79 Å². The van der Waals surface area contributed by atoms with E-state index in [0.717, 1.165) is 36.9 Å². The molecule has 1 atom stereocenters. The quantitative estimate of drug-likeness (QED) is 0.198. The largest absolute Gasteiger partial charge is 0.332 e. The number of H-pyrrole nitrogens is 1. The van der Waals surface area contributed by atoms with Crippen molar-refractivity contribution in [1.82, 2.24) is 9.97 Å². The average molecular weight is 553 g/mol. The fraction of sp³-hybridized carbons (Fsp3) is 0.154. The van der Waals surface area contributed by atoms with Crippen molar-refractivity contribution < 1.29 is 4.79 Å². The SMILES string of the molecule is Cc1ccc(-c2nc(SC(C)C(=O)Nc3ccc(I)cc3)[nH]c2-c2ccc(C)cc2)cc1. The normalized spacial score (nSPS) is 11.9. The van der Waals surface area contributed by atoms with E-state index in [1.54, 1.807) is 0 Å². The van der Waals surface area contributed by atoms with Gasteiger partial charge >= 0.3 is 0 Å². The van der Waals surface area contributed by atoms with Crippen molar-refractivity contribution in [2.75, 3.05) is 5.32 Å². The number of hydrogen-bond acceptors (Lipinski definition) is 3. The molecule has 1 aromatic heterocycles. The Morgan fingerprint density at radius 2 is 1.47 bits per heavy atom. The Bertz CT molecular complexity index is 1150. The lowest BCUT2D eigenvalue weighted by Crippen LogP contribution is -2.22. The van der Waals surface area contributed by atoms with E-state index in [0.29, 0.717) is 0 Å². The summed E-state index contributed by atoms with van der Waals surface area (Å²) in [5, 5.41) is 3.40. The lowest BCUT2D eigenvalue weighted by molar-refractivity contribution is -0.115. The summed E-state index contributed by atoms with van der Waals surface area (Å²) in [5.74, 6) is -0.0543. The van der Waals surface area contributed by atoms with Gasteiger partial charge < -0.3 is 10.3 Å². The molecule has 0 saturated heterocycles. The van der Waals surface area contributed by atoms with Crippen molar-refractivity contribution in [2.24, 2.45) is 0 Å². The number of imidazole rings is 1. The van der Waals surface area contributed by atoms with Gasteiger partial charge in [0.25, 0.3) is 0 Å². The average Bonchev–Trinajstić information content (AvgIpc) is 3.20. The first-order chi connectivity index (χ1) is 15.4. The summed E-state index contributed by atoms with van der Waals surface area (Å²) >= 11 is 3.67. The Balaban J connectivity index is 1.60. The topological polar surface area (TPSA) is 57.8 Å². The summed E-state index contributed by atoms with van der Waals surface area (Å²) in [6, 6.07) is 24.5. The highest BCUT2D eigenvalue weighted by Gasteiger charge is 2.20. The number of amides is 1. The number of nitrogens with one attached hydrogen (secondary N) is 2. The monoisotopic (exact) mass is 553 g/mol. The Kier molecular flexibility index (Phi) is 7.01. The zero-order valence-corrected chi connectivity index (χ0v) is 21.1. The van der Waals surface area contributed by atoms with Crippen molar-refractivity contribution in [1.29, 1.82) is 0 Å². The van der Waals surface area contributed by atoms with Crippen LogP contribution in [0.1, 0.15) is 18.1 Å². The molecule has 0 spiro atoms. The first-order valence-corrected chi connectivity index (χ1v) is 12.3. The van der Waals surface area contributed by atoms with Crippen molar-refractivity contribution in [3.63, 3.8) is 0 Å². The molecule has 0 fully saturated rings. The second-order valence-corrected chi connectivity index (χ2v) is 10.3. The van der Waals surface area contributed by atoms with E-state index in [-0.39, 0.29) is 11.2 Å².